The maximum absolute atomic E-state index is 5.88. The molecule has 1 aliphatic carbocycles. The third-order valence-electron chi connectivity index (χ3n) is 4.97. The van der Waals surface area contributed by atoms with Gasteiger partial charge in [-0.05, 0) is 23.7 Å². The molecule has 1 atom stereocenters. The number of nitrogens with two attached hydrogens (primary N) is 1. The van der Waals surface area contributed by atoms with Gasteiger partial charge in [0.1, 0.15) is 8.80 Å². The Balaban J connectivity index is 0.000000215. The molecule has 31 heavy (non-hydrogen) atoms. The molecule has 154 valence electrons. The topological polar surface area (TPSA) is 26.0 Å². The fourth-order valence-electron chi connectivity index (χ4n) is 3.37. The number of allylic oxidation sites excluding steroid dienone is 6. The second-order valence-corrected chi connectivity index (χ2v) is 10.1. The fraction of sp³-hybridized carbons (Fsp3) is 0.0714. The first-order valence-electron chi connectivity index (χ1n) is 10.4. The van der Waals surface area contributed by atoms with E-state index in [0.717, 1.165) is 12.6 Å². The Morgan fingerprint density at radius 3 is 1.61 bits per heavy atom. The van der Waals surface area contributed by atoms with Crippen LogP contribution >= 0.6 is 0 Å². The Labute approximate surface area is 203 Å². The maximum Gasteiger partial charge on any atom is 0.111 e. The smallest absolute Gasteiger partial charge is 0.111 e. The number of hydrogen-bond donors (Lipinski definition) is 1. The van der Waals surface area contributed by atoms with Crippen LogP contribution in [-0.2, 0) is 21.7 Å². The van der Waals surface area contributed by atoms with E-state index >= 15 is 0 Å². The zero-order valence-corrected chi connectivity index (χ0v) is 20.5. The summed E-state index contributed by atoms with van der Waals surface area (Å²) in [6.45, 7) is 0. The fourth-order valence-corrected chi connectivity index (χ4v) is 5.82. The molecule has 0 aliphatic heterocycles. The largest absolute Gasteiger partial charge is 0.333 e. The molecule has 0 saturated heterocycles. The Morgan fingerprint density at radius 1 is 0.710 bits per heavy atom. The zero-order chi connectivity index (χ0) is 20.9. The number of hydrogen-bond acceptors (Lipinski definition) is 1. The molecule has 0 bridgehead atoms. The molecule has 3 heteroatoms. The van der Waals surface area contributed by atoms with Crippen LogP contribution in [0.3, 0.4) is 0 Å². The molecule has 1 aliphatic rings. The molecule has 3 aromatic carbocycles. The van der Waals surface area contributed by atoms with Gasteiger partial charge in [-0.25, -0.2) is 0 Å². The predicted octanol–water partition coefficient (Wildman–Crippen LogP) is 5.45. The summed E-state index contributed by atoms with van der Waals surface area (Å²) in [5.41, 5.74) is 8.32. The SMILES string of the molecule is C(C=Cc1ccccc1)=Cc1ccccc1.NC[SiH](C1=CC=CC1)c1ccccc1.[Ti]. The second-order valence-electron chi connectivity index (χ2n) is 7.11. The number of benzene rings is 3. The Hall–Kier alpha value is -2.49. The van der Waals surface area contributed by atoms with Crippen LogP contribution in [0.25, 0.3) is 12.2 Å². The molecule has 0 heterocycles. The molecule has 0 saturated carbocycles. The van der Waals surface area contributed by atoms with Crippen molar-refractivity contribution in [3.05, 3.63) is 138 Å². The molecular formula is C28H29NSiTi. The molecular weight excluding hydrogens is 426 g/mol. The predicted molar refractivity (Wildman–Crippen MR) is 135 cm³/mol. The van der Waals surface area contributed by atoms with E-state index in [9.17, 15) is 0 Å². The molecule has 4 rings (SSSR count). The summed E-state index contributed by atoms with van der Waals surface area (Å²) in [6.07, 6.45) is 16.9. The maximum atomic E-state index is 5.88. The van der Waals surface area contributed by atoms with Gasteiger partial charge >= 0.3 is 0 Å². The summed E-state index contributed by atoms with van der Waals surface area (Å²) < 4.78 is 0. The van der Waals surface area contributed by atoms with Crippen molar-refractivity contribution < 1.29 is 21.7 Å². The first kappa shape index (κ1) is 24.8. The molecule has 1 nitrogen and oxygen atoms in total. The van der Waals surface area contributed by atoms with Crippen molar-refractivity contribution in [3.63, 3.8) is 0 Å². The van der Waals surface area contributed by atoms with E-state index in [4.69, 9.17) is 5.73 Å². The molecule has 0 aromatic heterocycles. The van der Waals surface area contributed by atoms with Crippen LogP contribution in [0.2, 0.25) is 0 Å². The van der Waals surface area contributed by atoms with Crippen LogP contribution in [-0.4, -0.2) is 15.0 Å². The average molecular weight is 456 g/mol. The zero-order valence-electron chi connectivity index (χ0n) is 17.8. The van der Waals surface area contributed by atoms with E-state index in [1.165, 1.54) is 16.3 Å². The van der Waals surface area contributed by atoms with Gasteiger partial charge in [0.15, 0.2) is 0 Å². The molecule has 0 radical (unpaired) electrons. The molecule has 3 aromatic rings. The van der Waals surface area contributed by atoms with E-state index in [2.05, 4.69) is 97.1 Å². The minimum atomic E-state index is -1.05. The molecule has 2 N–H and O–H groups in total. The van der Waals surface area contributed by atoms with E-state index in [1.807, 2.05) is 36.4 Å². The van der Waals surface area contributed by atoms with E-state index in [0.29, 0.717) is 0 Å². The van der Waals surface area contributed by atoms with Crippen LogP contribution in [0, 0.1) is 0 Å². The van der Waals surface area contributed by atoms with Crippen molar-refractivity contribution in [2.24, 2.45) is 5.73 Å². The van der Waals surface area contributed by atoms with Gasteiger partial charge in [0.2, 0.25) is 0 Å². The molecule has 0 amide bonds. The van der Waals surface area contributed by atoms with E-state index < -0.39 is 8.80 Å². The van der Waals surface area contributed by atoms with Crippen LogP contribution in [0.5, 0.6) is 0 Å². The molecule has 0 fully saturated rings. The van der Waals surface area contributed by atoms with E-state index in [-0.39, 0.29) is 21.7 Å². The standard InChI is InChI=1S/C16H14.C12H15NSi.Ti/c1-3-9-15(10-4-1)13-7-8-14-16-11-5-2-6-12-16;13-10-14(12-8-4-5-9-12)11-6-2-1-3-7-11;/h1-14H;1-8,14H,9-10,13H2;. The summed E-state index contributed by atoms with van der Waals surface area (Å²) in [5, 5.41) is 3.03. The normalized spacial score (nSPS) is 13.4. The van der Waals surface area contributed by atoms with Crippen molar-refractivity contribution in [2.45, 2.75) is 6.42 Å². The Kier molecular flexibility index (Phi) is 11.6. The molecule has 0 spiro atoms. The van der Waals surface area contributed by atoms with E-state index in [1.54, 1.807) is 5.20 Å². The van der Waals surface area contributed by atoms with Gasteiger partial charge in [-0.2, -0.15) is 0 Å². The summed E-state index contributed by atoms with van der Waals surface area (Å²) in [5.74, 6) is 0. The van der Waals surface area contributed by atoms with Gasteiger partial charge in [-0.1, -0.05) is 144 Å². The van der Waals surface area contributed by atoms with Crippen molar-refractivity contribution in [1.82, 2.24) is 0 Å². The Morgan fingerprint density at radius 2 is 1.19 bits per heavy atom. The van der Waals surface area contributed by atoms with Crippen LogP contribution < -0.4 is 10.9 Å². The average Bonchev–Trinajstić information content (AvgIpc) is 3.34. The van der Waals surface area contributed by atoms with Gasteiger partial charge in [-0.15, -0.1) is 0 Å². The minimum Gasteiger partial charge on any atom is -0.333 e. The van der Waals surface area contributed by atoms with Gasteiger partial charge in [-0.3, -0.25) is 0 Å². The van der Waals surface area contributed by atoms with Crippen molar-refractivity contribution >= 4 is 26.1 Å². The second kappa shape index (κ2) is 14.5. The van der Waals surface area contributed by atoms with Crippen molar-refractivity contribution in [3.8, 4) is 0 Å². The first-order valence-corrected chi connectivity index (χ1v) is 12.4. The van der Waals surface area contributed by atoms with Gasteiger partial charge in [0.05, 0.1) is 0 Å². The van der Waals surface area contributed by atoms with Gasteiger partial charge in [0, 0.05) is 21.7 Å². The third kappa shape index (κ3) is 8.64. The quantitative estimate of drug-likeness (QED) is 0.388. The minimum absolute atomic E-state index is 0. The number of rotatable bonds is 6. The summed E-state index contributed by atoms with van der Waals surface area (Å²) >= 11 is 0. The van der Waals surface area contributed by atoms with Crippen LogP contribution in [0.4, 0.5) is 0 Å². The molecule has 1 unspecified atom stereocenters. The van der Waals surface area contributed by atoms with Crippen LogP contribution in [0.15, 0.2) is 127 Å². The van der Waals surface area contributed by atoms with Gasteiger partial charge < -0.3 is 5.73 Å². The Bertz CT molecular complexity index is 945. The summed E-state index contributed by atoms with van der Waals surface area (Å²) in [6, 6.07) is 31.3. The van der Waals surface area contributed by atoms with Gasteiger partial charge in [0.25, 0.3) is 0 Å². The van der Waals surface area contributed by atoms with Crippen molar-refractivity contribution in [1.29, 1.82) is 0 Å². The monoisotopic (exact) mass is 455 g/mol. The first-order chi connectivity index (χ1) is 14.9. The van der Waals surface area contributed by atoms with Crippen molar-refractivity contribution in [2.75, 3.05) is 6.17 Å². The summed E-state index contributed by atoms with van der Waals surface area (Å²) in [7, 11) is -1.05. The van der Waals surface area contributed by atoms with Crippen LogP contribution in [0.1, 0.15) is 17.5 Å². The summed E-state index contributed by atoms with van der Waals surface area (Å²) in [4.78, 5) is 0. The third-order valence-corrected chi connectivity index (χ3v) is 7.96.